The fourth-order valence-electron chi connectivity index (χ4n) is 1.01. The summed E-state index contributed by atoms with van der Waals surface area (Å²) in [5.74, 6) is -0.358. The first-order valence-electron chi connectivity index (χ1n) is 5.26. The predicted octanol–water partition coefficient (Wildman–Crippen LogP) is 1.95. The molecule has 0 atom stereocenters. The van der Waals surface area contributed by atoms with E-state index < -0.39 is 16.6 Å². The van der Waals surface area contributed by atoms with Crippen LogP contribution in [-0.4, -0.2) is 37.2 Å². The van der Waals surface area contributed by atoms with Crippen LogP contribution in [0.3, 0.4) is 0 Å². The second-order valence-electron chi connectivity index (χ2n) is 5.69. The summed E-state index contributed by atoms with van der Waals surface area (Å²) in [7, 11) is -3.47. The lowest BCUT2D eigenvalue weighted by Gasteiger charge is -2.16. The highest BCUT2D eigenvalue weighted by atomic mass is 28.4. The molecule has 0 aliphatic rings. The SMILES string of the molecule is C[Si](C)(C)OC(=O)c1cnn([Si](C)(C)C)n1. The Morgan fingerprint density at radius 2 is 1.81 bits per heavy atom. The third-order valence-corrected chi connectivity index (χ3v) is 3.91. The second-order valence-corrected chi connectivity index (χ2v) is 14.9. The van der Waals surface area contributed by atoms with E-state index in [1.54, 1.807) is 4.46 Å². The predicted molar refractivity (Wildman–Crippen MR) is 67.5 cm³/mol. The molecule has 0 saturated heterocycles. The van der Waals surface area contributed by atoms with Gasteiger partial charge in [-0.05, 0) is 39.3 Å². The van der Waals surface area contributed by atoms with Crippen molar-refractivity contribution in [1.29, 1.82) is 0 Å². The van der Waals surface area contributed by atoms with Crippen molar-refractivity contribution in [2.45, 2.75) is 39.3 Å². The Bertz CT molecular complexity index is 390. The van der Waals surface area contributed by atoms with E-state index in [9.17, 15) is 4.79 Å². The van der Waals surface area contributed by atoms with Gasteiger partial charge in [-0.2, -0.15) is 10.2 Å². The molecule has 0 spiro atoms. The molecule has 0 unspecified atom stereocenters. The number of carbonyl (C=O) groups is 1. The van der Waals surface area contributed by atoms with E-state index in [0.717, 1.165) is 0 Å². The molecule has 0 fully saturated rings. The van der Waals surface area contributed by atoms with Crippen molar-refractivity contribution in [3.63, 3.8) is 0 Å². The van der Waals surface area contributed by atoms with E-state index in [-0.39, 0.29) is 5.97 Å². The summed E-state index contributed by atoms with van der Waals surface area (Å²) in [6.07, 6.45) is 1.49. The maximum Gasteiger partial charge on any atom is 0.347 e. The van der Waals surface area contributed by atoms with Crippen LogP contribution in [0, 0.1) is 0 Å². The van der Waals surface area contributed by atoms with E-state index in [1.165, 1.54) is 6.20 Å². The Morgan fingerprint density at radius 3 is 2.19 bits per heavy atom. The fraction of sp³-hybridized carbons (Fsp3) is 0.667. The standard InChI is InChI=1S/C9H19N3O2Si2/c1-15(2,3)12-10-7-8(11-12)9(13)14-16(4,5)6/h7H,1-6H3. The summed E-state index contributed by atoms with van der Waals surface area (Å²) in [6, 6.07) is 0. The Kier molecular flexibility index (Phi) is 3.39. The number of aromatic nitrogens is 3. The number of hydrogen-bond donors (Lipinski definition) is 0. The van der Waals surface area contributed by atoms with Gasteiger partial charge in [0.2, 0.25) is 16.6 Å². The molecule has 1 rings (SSSR count). The maximum absolute atomic E-state index is 11.7. The molecule has 0 bridgehead atoms. The number of rotatable bonds is 3. The van der Waals surface area contributed by atoms with Crippen molar-refractivity contribution in [3.8, 4) is 0 Å². The van der Waals surface area contributed by atoms with Crippen LogP contribution in [0.2, 0.25) is 39.3 Å². The van der Waals surface area contributed by atoms with Crippen molar-refractivity contribution in [3.05, 3.63) is 11.9 Å². The Morgan fingerprint density at radius 1 is 1.25 bits per heavy atom. The van der Waals surface area contributed by atoms with Crippen LogP contribution in [0.5, 0.6) is 0 Å². The highest BCUT2D eigenvalue weighted by Crippen LogP contribution is 2.08. The average molecular weight is 257 g/mol. The zero-order valence-corrected chi connectivity index (χ0v) is 12.7. The summed E-state index contributed by atoms with van der Waals surface area (Å²) in [5, 5.41) is 8.30. The first-order chi connectivity index (χ1) is 7.09. The van der Waals surface area contributed by atoms with Crippen LogP contribution >= 0.6 is 0 Å². The third-order valence-electron chi connectivity index (χ3n) is 1.70. The van der Waals surface area contributed by atoms with Gasteiger partial charge in [0.1, 0.15) is 0 Å². The molecule has 0 amide bonds. The van der Waals surface area contributed by atoms with Gasteiger partial charge in [-0.1, -0.05) is 0 Å². The minimum absolute atomic E-state index is 0.310. The Labute approximate surface area is 98.0 Å². The van der Waals surface area contributed by atoms with Crippen LogP contribution < -0.4 is 0 Å². The Hall–Kier alpha value is -0.956. The Balaban J connectivity index is 2.83. The third kappa shape index (κ3) is 3.56. The molecule has 0 saturated carbocycles. The largest absolute Gasteiger partial charge is 0.515 e. The van der Waals surface area contributed by atoms with Crippen LogP contribution in [0.25, 0.3) is 0 Å². The quantitative estimate of drug-likeness (QED) is 0.777. The first kappa shape index (κ1) is 13.1. The smallest absolute Gasteiger partial charge is 0.347 e. The van der Waals surface area contributed by atoms with Crippen molar-refractivity contribution in [1.82, 2.24) is 14.7 Å². The molecule has 1 aromatic rings. The van der Waals surface area contributed by atoms with E-state index in [1.807, 2.05) is 19.6 Å². The van der Waals surface area contributed by atoms with Crippen LogP contribution in [0.4, 0.5) is 0 Å². The van der Waals surface area contributed by atoms with Gasteiger partial charge in [-0.25, -0.2) is 9.26 Å². The average Bonchev–Trinajstić information content (AvgIpc) is 2.46. The van der Waals surface area contributed by atoms with Gasteiger partial charge in [-0.15, -0.1) is 0 Å². The molecule has 0 N–H and O–H groups in total. The van der Waals surface area contributed by atoms with Gasteiger partial charge in [0, 0.05) is 0 Å². The highest BCUT2D eigenvalue weighted by Gasteiger charge is 2.25. The molecule has 1 aromatic heterocycles. The van der Waals surface area contributed by atoms with E-state index in [0.29, 0.717) is 5.69 Å². The molecule has 0 aromatic carbocycles. The van der Waals surface area contributed by atoms with Crippen LogP contribution in [-0.2, 0) is 4.43 Å². The molecular weight excluding hydrogens is 238 g/mol. The minimum atomic E-state index is -1.85. The van der Waals surface area contributed by atoms with Crippen molar-refractivity contribution in [2.75, 3.05) is 0 Å². The van der Waals surface area contributed by atoms with Gasteiger partial charge in [0.25, 0.3) is 0 Å². The van der Waals surface area contributed by atoms with E-state index in [2.05, 4.69) is 29.8 Å². The molecule has 7 heteroatoms. The minimum Gasteiger partial charge on any atom is -0.515 e. The van der Waals surface area contributed by atoms with Gasteiger partial charge in [0.15, 0.2) is 5.69 Å². The molecule has 90 valence electrons. The van der Waals surface area contributed by atoms with E-state index >= 15 is 0 Å². The van der Waals surface area contributed by atoms with Crippen LogP contribution in [0.15, 0.2) is 6.20 Å². The van der Waals surface area contributed by atoms with Crippen molar-refractivity contribution >= 4 is 22.5 Å². The lowest BCUT2D eigenvalue weighted by molar-refractivity contribution is 0.0718. The summed E-state index contributed by atoms with van der Waals surface area (Å²) in [4.78, 5) is 11.7. The number of nitrogens with zero attached hydrogens (tertiary/aromatic N) is 3. The van der Waals surface area contributed by atoms with Gasteiger partial charge < -0.3 is 4.43 Å². The lowest BCUT2D eigenvalue weighted by atomic mass is 10.5. The second kappa shape index (κ2) is 4.13. The molecule has 0 aliphatic heterocycles. The van der Waals surface area contributed by atoms with Gasteiger partial charge in [-0.3, -0.25) is 0 Å². The topological polar surface area (TPSA) is 57.0 Å². The van der Waals surface area contributed by atoms with Gasteiger partial charge in [0.05, 0.1) is 6.20 Å². The summed E-state index contributed by atoms with van der Waals surface area (Å²) in [6.45, 7) is 12.2. The van der Waals surface area contributed by atoms with Crippen molar-refractivity contribution in [2.24, 2.45) is 0 Å². The summed E-state index contributed by atoms with van der Waals surface area (Å²) < 4.78 is 7.01. The zero-order valence-electron chi connectivity index (χ0n) is 10.7. The van der Waals surface area contributed by atoms with Crippen LogP contribution in [0.1, 0.15) is 10.5 Å². The molecule has 1 heterocycles. The first-order valence-corrected chi connectivity index (χ1v) is 12.1. The zero-order chi connectivity index (χ0) is 12.6. The molecule has 0 aliphatic carbocycles. The normalized spacial score (nSPS) is 12.6. The summed E-state index contributed by atoms with van der Waals surface area (Å²) >= 11 is 0. The number of carbonyl (C=O) groups excluding carboxylic acids is 1. The maximum atomic E-state index is 11.7. The highest BCUT2D eigenvalue weighted by molar-refractivity contribution is 6.74. The van der Waals surface area contributed by atoms with Crippen molar-refractivity contribution < 1.29 is 9.22 Å². The van der Waals surface area contributed by atoms with Gasteiger partial charge >= 0.3 is 5.97 Å². The summed E-state index contributed by atoms with van der Waals surface area (Å²) in [5.41, 5.74) is 0.310. The molecular formula is C9H19N3O2Si2. The molecule has 16 heavy (non-hydrogen) atoms. The lowest BCUT2D eigenvalue weighted by Crippen LogP contribution is -2.35. The molecule has 5 nitrogen and oxygen atoms in total. The fourth-order valence-corrected chi connectivity index (χ4v) is 2.48. The molecule has 0 radical (unpaired) electrons. The van der Waals surface area contributed by atoms with E-state index in [4.69, 9.17) is 4.43 Å². The monoisotopic (exact) mass is 257 g/mol. The number of hydrogen-bond acceptors (Lipinski definition) is 4.